The zero-order valence-corrected chi connectivity index (χ0v) is 15.5. The van der Waals surface area contributed by atoms with Crippen molar-refractivity contribution in [2.75, 3.05) is 0 Å². The van der Waals surface area contributed by atoms with Crippen molar-refractivity contribution in [2.45, 2.75) is 18.1 Å². The summed E-state index contributed by atoms with van der Waals surface area (Å²) in [5, 5.41) is 12.3. The van der Waals surface area contributed by atoms with Crippen LogP contribution in [0.15, 0.2) is 72.8 Å². The van der Waals surface area contributed by atoms with E-state index in [0.717, 1.165) is 34.4 Å². The highest BCUT2D eigenvalue weighted by Crippen LogP contribution is 2.46. The van der Waals surface area contributed by atoms with Gasteiger partial charge in [0.05, 0.1) is 5.56 Å². The molecule has 152 valence electrons. The maximum atomic E-state index is 13.0. The van der Waals surface area contributed by atoms with Crippen molar-refractivity contribution in [1.82, 2.24) is 5.32 Å². The van der Waals surface area contributed by atoms with Crippen LogP contribution < -0.4 is 5.32 Å². The first-order valence-electron chi connectivity index (χ1n) is 9.16. The standard InChI is InChI=1S/C23H16F3NO3/c24-23(25,26)14-7-5-6-13(12-14)21(28)27-20(22(29)30)19-17-10-3-1-8-15(17)16-9-2-4-11-18(16)19/h1-12,19-20H,(H,27,28)(H,29,30)/t20-/m1/s1. The van der Waals surface area contributed by atoms with Crippen molar-refractivity contribution < 1.29 is 27.9 Å². The first-order chi connectivity index (χ1) is 14.3. The van der Waals surface area contributed by atoms with Crippen molar-refractivity contribution in [1.29, 1.82) is 0 Å². The van der Waals surface area contributed by atoms with Crippen molar-refractivity contribution in [3.8, 4) is 11.1 Å². The first kappa shape index (κ1) is 19.7. The summed E-state index contributed by atoms with van der Waals surface area (Å²) in [7, 11) is 0. The number of hydrogen-bond acceptors (Lipinski definition) is 2. The molecule has 4 rings (SSSR count). The van der Waals surface area contributed by atoms with Crippen molar-refractivity contribution in [3.63, 3.8) is 0 Å². The van der Waals surface area contributed by atoms with Gasteiger partial charge in [0.1, 0.15) is 6.04 Å². The molecule has 1 aliphatic carbocycles. The molecule has 0 bridgehead atoms. The Labute approximate surface area is 170 Å². The van der Waals surface area contributed by atoms with E-state index in [9.17, 15) is 27.9 Å². The topological polar surface area (TPSA) is 66.4 Å². The molecule has 0 unspecified atom stereocenters. The van der Waals surface area contributed by atoms with Crippen LogP contribution in [0.5, 0.6) is 0 Å². The number of hydrogen-bond donors (Lipinski definition) is 2. The maximum Gasteiger partial charge on any atom is 0.416 e. The molecule has 0 radical (unpaired) electrons. The van der Waals surface area contributed by atoms with Gasteiger partial charge in [0, 0.05) is 11.5 Å². The molecule has 1 atom stereocenters. The van der Waals surface area contributed by atoms with E-state index in [0.29, 0.717) is 6.07 Å². The predicted molar refractivity (Wildman–Crippen MR) is 104 cm³/mol. The van der Waals surface area contributed by atoms with E-state index < -0.39 is 35.6 Å². The molecule has 0 spiro atoms. The number of carbonyl (C=O) groups excluding carboxylic acids is 1. The second-order valence-electron chi connectivity index (χ2n) is 7.02. The molecule has 1 amide bonds. The number of carbonyl (C=O) groups is 2. The first-order valence-corrected chi connectivity index (χ1v) is 9.16. The highest BCUT2D eigenvalue weighted by atomic mass is 19.4. The second-order valence-corrected chi connectivity index (χ2v) is 7.02. The molecule has 2 N–H and O–H groups in total. The fraction of sp³-hybridized carbons (Fsp3) is 0.130. The molecule has 7 heteroatoms. The summed E-state index contributed by atoms with van der Waals surface area (Å²) < 4.78 is 38.9. The van der Waals surface area contributed by atoms with Crippen molar-refractivity contribution >= 4 is 11.9 Å². The van der Waals surface area contributed by atoms with E-state index in [1.54, 1.807) is 24.3 Å². The Bertz CT molecular complexity index is 1090. The van der Waals surface area contributed by atoms with E-state index in [4.69, 9.17) is 0 Å². The van der Waals surface area contributed by atoms with Crippen LogP contribution in [0.4, 0.5) is 13.2 Å². The molecular formula is C23H16F3NO3. The quantitative estimate of drug-likeness (QED) is 0.654. The minimum Gasteiger partial charge on any atom is -0.480 e. The van der Waals surface area contributed by atoms with Gasteiger partial charge in [-0.25, -0.2) is 4.79 Å². The van der Waals surface area contributed by atoms with Gasteiger partial charge in [-0.3, -0.25) is 4.79 Å². The van der Waals surface area contributed by atoms with Crippen LogP contribution in [0, 0.1) is 0 Å². The maximum absolute atomic E-state index is 13.0. The van der Waals surface area contributed by atoms with Gasteiger partial charge in [-0.15, -0.1) is 0 Å². The summed E-state index contributed by atoms with van der Waals surface area (Å²) in [6, 6.07) is 17.2. The summed E-state index contributed by atoms with van der Waals surface area (Å²) in [6.07, 6.45) is -4.61. The molecule has 3 aromatic carbocycles. The number of fused-ring (bicyclic) bond motifs is 3. The Morgan fingerprint density at radius 2 is 1.43 bits per heavy atom. The number of carboxylic acid groups (broad SMARTS) is 1. The van der Waals surface area contributed by atoms with E-state index in [-0.39, 0.29) is 5.56 Å². The normalized spacial score (nSPS) is 14.0. The molecule has 0 aliphatic heterocycles. The van der Waals surface area contributed by atoms with Crippen LogP contribution in [0.1, 0.15) is 33.0 Å². The van der Waals surface area contributed by atoms with Crippen LogP contribution in [0.25, 0.3) is 11.1 Å². The number of amides is 1. The molecule has 3 aromatic rings. The smallest absolute Gasteiger partial charge is 0.416 e. The molecule has 4 nitrogen and oxygen atoms in total. The second kappa shape index (κ2) is 7.33. The summed E-state index contributed by atoms with van der Waals surface area (Å²) in [6.45, 7) is 0. The Hall–Kier alpha value is -3.61. The number of halogens is 3. The highest BCUT2D eigenvalue weighted by Gasteiger charge is 2.39. The number of aliphatic carboxylic acids is 1. The summed E-state index contributed by atoms with van der Waals surface area (Å²) >= 11 is 0. The summed E-state index contributed by atoms with van der Waals surface area (Å²) in [5.41, 5.74) is 2.01. The number of rotatable bonds is 4. The molecular weight excluding hydrogens is 395 g/mol. The lowest BCUT2D eigenvalue weighted by atomic mass is 9.89. The van der Waals surface area contributed by atoms with E-state index in [1.165, 1.54) is 6.07 Å². The number of benzene rings is 3. The van der Waals surface area contributed by atoms with Gasteiger partial charge in [-0.1, -0.05) is 54.6 Å². The fourth-order valence-electron chi connectivity index (χ4n) is 3.90. The Morgan fingerprint density at radius 1 is 0.867 bits per heavy atom. The molecule has 0 fully saturated rings. The lowest BCUT2D eigenvalue weighted by Crippen LogP contribution is -2.45. The zero-order valence-electron chi connectivity index (χ0n) is 15.5. The zero-order chi connectivity index (χ0) is 21.5. The summed E-state index contributed by atoms with van der Waals surface area (Å²) in [4.78, 5) is 24.8. The van der Waals surface area contributed by atoms with E-state index >= 15 is 0 Å². The fourth-order valence-corrected chi connectivity index (χ4v) is 3.90. The van der Waals surface area contributed by atoms with Crippen LogP contribution in [-0.4, -0.2) is 23.0 Å². The molecule has 0 saturated heterocycles. The minimum absolute atomic E-state index is 0.254. The largest absolute Gasteiger partial charge is 0.480 e. The lowest BCUT2D eigenvalue weighted by molar-refractivity contribution is -0.140. The minimum atomic E-state index is -4.61. The van der Waals surface area contributed by atoms with E-state index in [2.05, 4.69) is 5.32 Å². The average molecular weight is 411 g/mol. The Balaban J connectivity index is 1.71. The SMILES string of the molecule is O=C(N[C@@H](C(=O)O)C1c2ccccc2-c2ccccc21)c1cccc(C(F)(F)F)c1. The third kappa shape index (κ3) is 3.43. The summed E-state index contributed by atoms with van der Waals surface area (Å²) in [5.74, 6) is -2.81. The predicted octanol–water partition coefficient (Wildman–Crippen LogP) is 4.70. The molecule has 30 heavy (non-hydrogen) atoms. The Morgan fingerprint density at radius 3 is 1.97 bits per heavy atom. The van der Waals surface area contributed by atoms with Gasteiger partial charge < -0.3 is 10.4 Å². The van der Waals surface area contributed by atoms with Gasteiger partial charge in [0.25, 0.3) is 5.91 Å². The third-order valence-corrected chi connectivity index (χ3v) is 5.22. The van der Waals surface area contributed by atoms with Crippen LogP contribution in [0.3, 0.4) is 0 Å². The Kier molecular flexibility index (Phi) is 4.81. The average Bonchev–Trinajstić information content (AvgIpc) is 3.05. The van der Waals surface area contributed by atoms with Gasteiger partial charge >= 0.3 is 12.1 Å². The monoisotopic (exact) mass is 411 g/mol. The van der Waals surface area contributed by atoms with Crippen molar-refractivity contribution in [2.24, 2.45) is 0 Å². The number of alkyl halides is 3. The van der Waals surface area contributed by atoms with Gasteiger partial charge in [-0.2, -0.15) is 13.2 Å². The molecule has 0 heterocycles. The highest BCUT2D eigenvalue weighted by molar-refractivity contribution is 5.97. The van der Waals surface area contributed by atoms with Crippen molar-refractivity contribution in [3.05, 3.63) is 95.1 Å². The number of carboxylic acids is 1. The van der Waals surface area contributed by atoms with Gasteiger partial charge in [0.15, 0.2) is 0 Å². The lowest BCUT2D eigenvalue weighted by Gasteiger charge is -2.23. The van der Waals surface area contributed by atoms with E-state index in [1.807, 2.05) is 24.3 Å². The van der Waals surface area contributed by atoms with Crippen LogP contribution >= 0.6 is 0 Å². The van der Waals surface area contributed by atoms with Crippen LogP contribution in [0.2, 0.25) is 0 Å². The molecule has 0 aromatic heterocycles. The van der Waals surface area contributed by atoms with Gasteiger partial charge in [-0.05, 0) is 40.5 Å². The van der Waals surface area contributed by atoms with Gasteiger partial charge in [0.2, 0.25) is 0 Å². The molecule has 0 saturated carbocycles. The number of nitrogens with one attached hydrogen (secondary N) is 1. The molecule has 1 aliphatic rings. The third-order valence-electron chi connectivity index (χ3n) is 5.22. The van der Waals surface area contributed by atoms with Crippen LogP contribution in [-0.2, 0) is 11.0 Å².